The van der Waals surface area contributed by atoms with E-state index in [1.54, 1.807) is 0 Å². The van der Waals surface area contributed by atoms with Gasteiger partial charge in [-0.05, 0) is 39.3 Å². The molecule has 1 nitrogen and oxygen atoms in total. The first-order valence-electron chi connectivity index (χ1n) is 5.81. The van der Waals surface area contributed by atoms with Gasteiger partial charge in [-0.2, -0.15) is 0 Å². The lowest BCUT2D eigenvalue weighted by molar-refractivity contribution is 0.464. The lowest BCUT2D eigenvalue weighted by atomic mass is 10.1. The number of aryl methyl sites for hydroxylation is 2. The molecule has 1 aromatic heterocycles. The third-order valence-corrected chi connectivity index (χ3v) is 2.99. The average Bonchev–Trinajstić information content (AvgIpc) is 2.46. The fourth-order valence-electron chi connectivity index (χ4n) is 2.19. The highest BCUT2D eigenvalue weighted by Gasteiger charge is 2.08. The first-order chi connectivity index (χ1) is 6.66. The highest BCUT2D eigenvalue weighted by atomic mass is 15.0. The molecule has 0 radical (unpaired) electrons. The topological polar surface area (TPSA) is 4.93 Å². The van der Waals surface area contributed by atoms with Crippen LogP contribution in [0, 0.1) is 13.8 Å². The van der Waals surface area contributed by atoms with E-state index in [2.05, 4.69) is 44.4 Å². The Hall–Kier alpha value is -0.720. The van der Waals surface area contributed by atoms with Crippen LogP contribution < -0.4 is 0 Å². The summed E-state index contributed by atoms with van der Waals surface area (Å²) >= 11 is 0. The second-order valence-electron chi connectivity index (χ2n) is 4.33. The highest BCUT2D eigenvalue weighted by molar-refractivity contribution is 5.14. The Morgan fingerprint density at radius 1 is 1.14 bits per heavy atom. The van der Waals surface area contributed by atoms with E-state index in [1.165, 1.54) is 37.1 Å². The summed E-state index contributed by atoms with van der Waals surface area (Å²) in [4.78, 5) is 0. The van der Waals surface area contributed by atoms with Gasteiger partial charge in [0, 0.05) is 17.4 Å². The highest BCUT2D eigenvalue weighted by Crippen LogP contribution is 2.20. The average molecular weight is 193 g/mol. The van der Waals surface area contributed by atoms with Crippen LogP contribution in [0.15, 0.2) is 12.1 Å². The van der Waals surface area contributed by atoms with Crippen molar-refractivity contribution in [2.75, 3.05) is 0 Å². The van der Waals surface area contributed by atoms with E-state index in [0.29, 0.717) is 6.04 Å². The molecule has 1 heteroatoms. The molecule has 0 N–H and O–H groups in total. The van der Waals surface area contributed by atoms with Gasteiger partial charge in [-0.3, -0.25) is 0 Å². The standard InChI is InChI=1S/C13H23N/c1-5-6-7-8-11(2)14-12(3)9-10-13(14)4/h9-11H,5-8H2,1-4H3. The van der Waals surface area contributed by atoms with Crippen molar-refractivity contribution in [3.05, 3.63) is 23.5 Å². The third-order valence-electron chi connectivity index (χ3n) is 2.99. The van der Waals surface area contributed by atoms with E-state index in [9.17, 15) is 0 Å². The smallest absolute Gasteiger partial charge is 0.0307 e. The second-order valence-corrected chi connectivity index (χ2v) is 4.33. The van der Waals surface area contributed by atoms with E-state index in [4.69, 9.17) is 0 Å². The van der Waals surface area contributed by atoms with Gasteiger partial charge >= 0.3 is 0 Å². The van der Waals surface area contributed by atoms with Crippen LogP contribution in [-0.2, 0) is 0 Å². The molecule has 1 heterocycles. The van der Waals surface area contributed by atoms with Crippen LogP contribution in [0.4, 0.5) is 0 Å². The monoisotopic (exact) mass is 193 g/mol. The maximum atomic E-state index is 2.45. The molecule has 0 bridgehead atoms. The molecule has 0 amide bonds. The summed E-state index contributed by atoms with van der Waals surface area (Å²) < 4.78 is 2.45. The molecular formula is C13H23N. The predicted molar refractivity (Wildman–Crippen MR) is 62.8 cm³/mol. The van der Waals surface area contributed by atoms with Crippen molar-refractivity contribution in [1.82, 2.24) is 4.57 Å². The molecule has 80 valence electrons. The fourth-order valence-corrected chi connectivity index (χ4v) is 2.19. The number of hydrogen-bond donors (Lipinski definition) is 0. The van der Waals surface area contributed by atoms with Gasteiger partial charge in [-0.15, -0.1) is 0 Å². The largest absolute Gasteiger partial charge is 0.346 e. The van der Waals surface area contributed by atoms with Gasteiger partial charge in [0.1, 0.15) is 0 Å². The Morgan fingerprint density at radius 2 is 1.71 bits per heavy atom. The molecule has 0 fully saturated rings. The maximum Gasteiger partial charge on any atom is 0.0307 e. The Bertz CT molecular complexity index is 253. The lowest BCUT2D eigenvalue weighted by Gasteiger charge is -2.18. The van der Waals surface area contributed by atoms with Crippen molar-refractivity contribution >= 4 is 0 Å². The van der Waals surface area contributed by atoms with Crippen molar-refractivity contribution in [2.24, 2.45) is 0 Å². The Kier molecular flexibility index (Phi) is 4.24. The number of unbranched alkanes of at least 4 members (excludes halogenated alkanes) is 2. The first kappa shape index (κ1) is 11.4. The second kappa shape index (κ2) is 5.23. The maximum absolute atomic E-state index is 2.45. The minimum absolute atomic E-state index is 0.663. The number of rotatable bonds is 5. The Morgan fingerprint density at radius 3 is 2.21 bits per heavy atom. The van der Waals surface area contributed by atoms with Crippen LogP contribution in [0.1, 0.15) is 57.0 Å². The zero-order valence-electron chi connectivity index (χ0n) is 10.0. The SMILES string of the molecule is CCCCCC(C)n1c(C)ccc1C. The van der Waals surface area contributed by atoms with Gasteiger partial charge < -0.3 is 4.57 Å². The van der Waals surface area contributed by atoms with E-state index in [0.717, 1.165) is 0 Å². The first-order valence-corrected chi connectivity index (χ1v) is 5.81. The molecule has 1 rings (SSSR count). The Labute approximate surface area is 88.1 Å². The van der Waals surface area contributed by atoms with Gasteiger partial charge in [0.2, 0.25) is 0 Å². The molecule has 0 aliphatic carbocycles. The van der Waals surface area contributed by atoms with Crippen molar-refractivity contribution in [3.8, 4) is 0 Å². The summed E-state index contributed by atoms with van der Waals surface area (Å²) in [6.07, 6.45) is 5.35. The van der Waals surface area contributed by atoms with Gasteiger partial charge in [0.15, 0.2) is 0 Å². The van der Waals surface area contributed by atoms with Crippen LogP contribution >= 0.6 is 0 Å². The van der Waals surface area contributed by atoms with Crippen LogP contribution in [0.5, 0.6) is 0 Å². The van der Waals surface area contributed by atoms with E-state index in [1.807, 2.05) is 0 Å². The molecular weight excluding hydrogens is 170 g/mol. The van der Waals surface area contributed by atoms with Gasteiger partial charge in [-0.1, -0.05) is 26.2 Å². The van der Waals surface area contributed by atoms with Crippen molar-refractivity contribution < 1.29 is 0 Å². The van der Waals surface area contributed by atoms with Crippen LogP contribution in [0.3, 0.4) is 0 Å². The summed E-state index contributed by atoms with van der Waals surface area (Å²) in [6.45, 7) is 8.99. The minimum Gasteiger partial charge on any atom is -0.346 e. The van der Waals surface area contributed by atoms with Gasteiger partial charge in [-0.25, -0.2) is 0 Å². The normalized spacial score (nSPS) is 13.1. The minimum atomic E-state index is 0.663. The summed E-state index contributed by atoms with van der Waals surface area (Å²) in [5, 5.41) is 0. The molecule has 1 atom stereocenters. The molecule has 1 unspecified atom stereocenters. The fraction of sp³-hybridized carbons (Fsp3) is 0.692. The van der Waals surface area contributed by atoms with Crippen LogP contribution in [0.25, 0.3) is 0 Å². The summed E-state index contributed by atoms with van der Waals surface area (Å²) in [7, 11) is 0. The van der Waals surface area contributed by atoms with Crippen molar-refractivity contribution in [3.63, 3.8) is 0 Å². The van der Waals surface area contributed by atoms with E-state index in [-0.39, 0.29) is 0 Å². The quantitative estimate of drug-likeness (QED) is 0.616. The lowest BCUT2D eigenvalue weighted by Crippen LogP contribution is -2.08. The molecule has 0 spiro atoms. The summed E-state index contributed by atoms with van der Waals surface area (Å²) in [5.41, 5.74) is 2.79. The number of hydrogen-bond acceptors (Lipinski definition) is 0. The molecule has 1 aromatic rings. The van der Waals surface area contributed by atoms with Crippen LogP contribution in [0.2, 0.25) is 0 Å². The molecule has 0 saturated carbocycles. The molecule has 0 aliphatic rings. The van der Waals surface area contributed by atoms with Crippen molar-refractivity contribution in [2.45, 2.75) is 59.4 Å². The number of aromatic nitrogens is 1. The summed E-state index contributed by atoms with van der Waals surface area (Å²) in [6, 6.07) is 5.09. The molecule has 0 saturated heterocycles. The van der Waals surface area contributed by atoms with Crippen LogP contribution in [-0.4, -0.2) is 4.57 Å². The molecule has 0 aliphatic heterocycles. The number of nitrogens with zero attached hydrogens (tertiary/aromatic N) is 1. The van der Waals surface area contributed by atoms with Gasteiger partial charge in [0.05, 0.1) is 0 Å². The molecule has 14 heavy (non-hydrogen) atoms. The summed E-state index contributed by atoms with van der Waals surface area (Å²) in [5.74, 6) is 0. The van der Waals surface area contributed by atoms with E-state index >= 15 is 0 Å². The van der Waals surface area contributed by atoms with E-state index < -0.39 is 0 Å². The molecule has 0 aromatic carbocycles. The zero-order valence-corrected chi connectivity index (χ0v) is 10.0. The van der Waals surface area contributed by atoms with Crippen molar-refractivity contribution in [1.29, 1.82) is 0 Å². The predicted octanol–water partition coefficient (Wildman–Crippen LogP) is 4.25. The van der Waals surface area contributed by atoms with Gasteiger partial charge in [0.25, 0.3) is 0 Å². The third kappa shape index (κ3) is 2.63. The Balaban J connectivity index is 2.55. The zero-order chi connectivity index (χ0) is 10.6.